The number of aliphatic carboxylic acids is 1. The van der Waals surface area contributed by atoms with Gasteiger partial charge in [0.15, 0.2) is 0 Å². The van der Waals surface area contributed by atoms with E-state index in [0.29, 0.717) is 6.42 Å². The monoisotopic (exact) mass is 256 g/mol. The summed E-state index contributed by atoms with van der Waals surface area (Å²) in [5, 5.41) is 8.28. The number of hydrogen-bond donors (Lipinski definition) is 1. The number of carboxylic acids is 1. The predicted molar refractivity (Wildman–Crippen MR) is 55.4 cm³/mol. The minimum absolute atomic E-state index is 0.529. The molecule has 1 N–H and O–H groups in total. The van der Waals surface area contributed by atoms with Crippen molar-refractivity contribution in [3.63, 3.8) is 0 Å². The molecular formula is C11H16F4O2. The highest BCUT2D eigenvalue weighted by Crippen LogP contribution is 2.37. The number of unbranched alkanes of at least 4 members (excludes halogenated alkanes) is 3. The molecule has 6 heteroatoms. The summed E-state index contributed by atoms with van der Waals surface area (Å²) < 4.78 is 49.8. The van der Waals surface area contributed by atoms with Gasteiger partial charge in [0.05, 0.1) is 0 Å². The molecule has 0 saturated heterocycles. The van der Waals surface area contributed by atoms with E-state index in [4.69, 9.17) is 5.11 Å². The lowest BCUT2D eigenvalue weighted by atomic mass is 10.0. The summed E-state index contributed by atoms with van der Waals surface area (Å²) in [4.78, 5) is 10.3. The zero-order valence-corrected chi connectivity index (χ0v) is 9.56. The van der Waals surface area contributed by atoms with Crippen molar-refractivity contribution in [2.24, 2.45) is 0 Å². The Morgan fingerprint density at radius 3 is 2.18 bits per heavy atom. The Morgan fingerprint density at radius 2 is 1.76 bits per heavy atom. The molecule has 100 valence electrons. The number of alkyl halides is 4. The van der Waals surface area contributed by atoms with Crippen LogP contribution in [0.15, 0.2) is 12.2 Å². The van der Waals surface area contributed by atoms with Crippen LogP contribution in [0, 0.1) is 0 Å². The van der Waals surface area contributed by atoms with Gasteiger partial charge in [-0.05, 0) is 12.8 Å². The molecule has 1 atom stereocenters. The SMILES string of the molecule is CCCCCC=CC[C@@](F)(C(=O)O)C(F)(F)F. The van der Waals surface area contributed by atoms with E-state index in [9.17, 15) is 22.4 Å². The van der Waals surface area contributed by atoms with Crippen molar-refractivity contribution < 1.29 is 27.5 Å². The third kappa shape index (κ3) is 4.75. The van der Waals surface area contributed by atoms with Gasteiger partial charge in [-0.1, -0.05) is 31.9 Å². The van der Waals surface area contributed by atoms with Gasteiger partial charge in [0.25, 0.3) is 0 Å². The average molecular weight is 256 g/mol. The molecule has 2 nitrogen and oxygen atoms in total. The van der Waals surface area contributed by atoms with Crippen LogP contribution in [0.4, 0.5) is 17.6 Å². The highest BCUT2D eigenvalue weighted by Gasteiger charge is 2.61. The summed E-state index contributed by atoms with van der Waals surface area (Å²) in [6.07, 6.45) is -1.02. The summed E-state index contributed by atoms with van der Waals surface area (Å²) in [5.74, 6) is -2.50. The second-order valence-electron chi connectivity index (χ2n) is 3.78. The first-order chi connectivity index (χ1) is 7.75. The molecule has 0 aromatic rings. The lowest BCUT2D eigenvalue weighted by Gasteiger charge is -2.21. The summed E-state index contributed by atoms with van der Waals surface area (Å²) in [5.41, 5.74) is -4.19. The Morgan fingerprint density at radius 1 is 1.18 bits per heavy atom. The van der Waals surface area contributed by atoms with Crippen molar-refractivity contribution in [3.05, 3.63) is 12.2 Å². The quantitative estimate of drug-likeness (QED) is 0.426. The number of carbonyl (C=O) groups is 1. The molecule has 0 aromatic carbocycles. The fourth-order valence-electron chi connectivity index (χ4n) is 1.20. The minimum atomic E-state index is -5.40. The van der Waals surface area contributed by atoms with Gasteiger partial charge in [-0.25, -0.2) is 9.18 Å². The molecule has 0 aromatic heterocycles. The Balaban J connectivity index is 4.34. The van der Waals surface area contributed by atoms with Gasteiger partial charge in [0, 0.05) is 6.42 Å². The van der Waals surface area contributed by atoms with Crippen molar-refractivity contribution in [2.45, 2.75) is 50.9 Å². The molecule has 0 bridgehead atoms. The van der Waals surface area contributed by atoms with Gasteiger partial charge < -0.3 is 5.11 Å². The summed E-state index contributed by atoms with van der Waals surface area (Å²) in [6, 6.07) is 0. The van der Waals surface area contributed by atoms with Gasteiger partial charge >= 0.3 is 17.8 Å². The number of rotatable bonds is 7. The average Bonchev–Trinajstić information content (AvgIpc) is 2.20. The number of carboxylic acid groups (broad SMARTS) is 1. The highest BCUT2D eigenvalue weighted by molar-refractivity contribution is 5.78. The van der Waals surface area contributed by atoms with Crippen molar-refractivity contribution in [1.82, 2.24) is 0 Å². The van der Waals surface area contributed by atoms with Crippen molar-refractivity contribution in [1.29, 1.82) is 0 Å². The van der Waals surface area contributed by atoms with Crippen LogP contribution in [0.3, 0.4) is 0 Å². The first kappa shape index (κ1) is 15.9. The molecule has 0 aliphatic carbocycles. The molecule has 0 unspecified atom stereocenters. The molecule has 0 aliphatic rings. The Labute approximate surface area is 97.3 Å². The standard InChI is InChI=1S/C11H16F4O2/c1-2-3-4-5-6-7-8-10(12,9(16)17)11(13,14)15/h6-7H,2-5,8H2,1H3,(H,16,17)/t10-/m1/s1. The van der Waals surface area contributed by atoms with Gasteiger partial charge in [-0.2, -0.15) is 13.2 Å². The highest BCUT2D eigenvalue weighted by atomic mass is 19.4. The third-order valence-corrected chi connectivity index (χ3v) is 2.33. The zero-order chi connectivity index (χ0) is 13.5. The summed E-state index contributed by atoms with van der Waals surface area (Å²) in [7, 11) is 0. The van der Waals surface area contributed by atoms with E-state index in [-0.39, 0.29) is 0 Å². The van der Waals surface area contributed by atoms with Crippen LogP contribution in [0.1, 0.15) is 39.0 Å². The molecule has 17 heavy (non-hydrogen) atoms. The van der Waals surface area contributed by atoms with Gasteiger partial charge in [0.2, 0.25) is 0 Å². The molecular weight excluding hydrogens is 240 g/mol. The fourth-order valence-corrected chi connectivity index (χ4v) is 1.20. The molecule has 0 spiro atoms. The lowest BCUT2D eigenvalue weighted by molar-refractivity contribution is -0.235. The third-order valence-electron chi connectivity index (χ3n) is 2.33. The number of halogens is 4. The van der Waals surface area contributed by atoms with E-state index >= 15 is 0 Å². The molecule has 0 aliphatic heterocycles. The molecule has 0 saturated carbocycles. The van der Waals surface area contributed by atoms with E-state index in [0.717, 1.165) is 25.3 Å². The molecule has 0 heterocycles. The van der Waals surface area contributed by atoms with Gasteiger partial charge in [0.1, 0.15) is 0 Å². The first-order valence-electron chi connectivity index (χ1n) is 5.39. The van der Waals surface area contributed by atoms with E-state index in [1.165, 1.54) is 6.08 Å². The van der Waals surface area contributed by atoms with E-state index < -0.39 is 24.2 Å². The Hall–Kier alpha value is -1.07. The second-order valence-corrected chi connectivity index (χ2v) is 3.78. The van der Waals surface area contributed by atoms with Crippen LogP contribution in [0.2, 0.25) is 0 Å². The van der Waals surface area contributed by atoms with E-state index in [1.54, 1.807) is 0 Å². The van der Waals surface area contributed by atoms with Crippen LogP contribution in [0.5, 0.6) is 0 Å². The maximum absolute atomic E-state index is 13.2. The largest absolute Gasteiger partial charge is 0.479 e. The molecule has 0 fully saturated rings. The van der Waals surface area contributed by atoms with Crippen molar-refractivity contribution >= 4 is 5.97 Å². The smallest absolute Gasteiger partial charge is 0.433 e. The normalized spacial score (nSPS) is 16.1. The van der Waals surface area contributed by atoms with E-state index in [1.807, 2.05) is 6.92 Å². The lowest BCUT2D eigenvalue weighted by Crippen LogP contribution is -2.47. The number of allylic oxidation sites excluding steroid dienone is 2. The summed E-state index contributed by atoms with van der Waals surface area (Å²) in [6.45, 7) is 1.98. The predicted octanol–water partition coefficient (Wildman–Crippen LogP) is 3.87. The van der Waals surface area contributed by atoms with Crippen LogP contribution in [0.25, 0.3) is 0 Å². The summed E-state index contributed by atoms with van der Waals surface area (Å²) >= 11 is 0. The zero-order valence-electron chi connectivity index (χ0n) is 9.56. The van der Waals surface area contributed by atoms with Crippen LogP contribution in [-0.4, -0.2) is 22.9 Å². The second kappa shape index (κ2) is 6.61. The first-order valence-corrected chi connectivity index (χ1v) is 5.39. The van der Waals surface area contributed by atoms with E-state index in [2.05, 4.69) is 0 Å². The molecule has 0 rings (SSSR count). The van der Waals surface area contributed by atoms with Crippen LogP contribution in [-0.2, 0) is 4.79 Å². The minimum Gasteiger partial charge on any atom is -0.479 e. The fraction of sp³-hybridized carbons (Fsp3) is 0.727. The Bertz CT molecular complexity index is 273. The molecule has 0 radical (unpaired) electrons. The van der Waals surface area contributed by atoms with Crippen molar-refractivity contribution in [2.75, 3.05) is 0 Å². The maximum Gasteiger partial charge on any atom is 0.433 e. The molecule has 0 amide bonds. The topological polar surface area (TPSA) is 37.3 Å². The maximum atomic E-state index is 13.2. The Kier molecular flexibility index (Phi) is 6.20. The number of hydrogen-bond acceptors (Lipinski definition) is 1. The van der Waals surface area contributed by atoms with Gasteiger partial charge in [-0.15, -0.1) is 0 Å². The van der Waals surface area contributed by atoms with Crippen molar-refractivity contribution in [3.8, 4) is 0 Å². The van der Waals surface area contributed by atoms with Crippen LogP contribution >= 0.6 is 0 Å². The van der Waals surface area contributed by atoms with Gasteiger partial charge in [-0.3, -0.25) is 0 Å². The van der Waals surface area contributed by atoms with Crippen LogP contribution < -0.4 is 0 Å².